The molecule has 0 aliphatic carbocycles. The van der Waals surface area contributed by atoms with Crippen LogP contribution in [0.3, 0.4) is 0 Å². The Morgan fingerprint density at radius 3 is 1.76 bits per heavy atom. The molecular formula is C26H30O8. The van der Waals surface area contributed by atoms with E-state index in [1.165, 1.54) is 20.8 Å². The highest BCUT2D eigenvalue weighted by molar-refractivity contribution is 5.67. The third kappa shape index (κ3) is 7.40. The van der Waals surface area contributed by atoms with E-state index in [-0.39, 0.29) is 13.2 Å². The Hall–Kier alpha value is -3.23. The van der Waals surface area contributed by atoms with Gasteiger partial charge in [-0.25, -0.2) is 0 Å². The first-order valence-corrected chi connectivity index (χ1v) is 11.2. The summed E-state index contributed by atoms with van der Waals surface area (Å²) in [6, 6.07) is 19.1. The molecule has 0 aromatic heterocycles. The van der Waals surface area contributed by atoms with E-state index in [1.54, 1.807) is 0 Å². The van der Waals surface area contributed by atoms with Gasteiger partial charge in [0.1, 0.15) is 24.9 Å². The minimum absolute atomic E-state index is 0.142. The Balaban J connectivity index is 1.95. The molecular weight excluding hydrogens is 440 g/mol. The van der Waals surface area contributed by atoms with E-state index in [0.29, 0.717) is 6.42 Å². The standard InChI is InChI=1S/C26H30O8/c1-17(27)30-16-23-25(33-19(3)29)26(31-15-21-12-8-5-9-13-21)24(32-18(2)28)22(34-23)14-20-10-6-4-7-11-20/h4-13,22-26H,14-16H2,1-3H3/t22-,23+,24-,25+,26+/m0/s1. The first kappa shape index (κ1) is 25.4. The minimum atomic E-state index is -0.961. The average molecular weight is 471 g/mol. The molecule has 0 saturated carbocycles. The van der Waals surface area contributed by atoms with Crippen LogP contribution >= 0.6 is 0 Å². The third-order valence-electron chi connectivity index (χ3n) is 5.35. The van der Waals surface area contributed by atoms with Gasteiger partial charge < -0.3 is 23.7 Å². The summed E-state index contributed by atoms with van der Waals surface area (Å²) in [6.07, 6.45) is -3.70. The lowest BCUT2D eigenvalue weighted by Crippen LogP contribution is -2.62. The SMILES string of the molecule is CC(=O)OC[C@H]1O[C@@H](Cc2ccccc2)[C@H](OC(C)=O)[C@@H](OCc2ccccc2)[C@@H]1OC(C)=O. The van der Waals surface area contributed by atoms with Crippen molar-refractivity contribution in [2.45, 2.75) is 64.3 Å². The second-order valence-corrected chi connectivity index (χ2v) is 8.11. The summed E-state index contributed by atoms with van der Waals surface area (Å²) in [7, 11) is 0. The van der Waals surface area contributed by atoms with Crippen molar-refractivity contribution in [2.24, 2.45) is 0 Å². The Bertz CT molecular complexity index is 946. The molecule has 5 atom stereocenters. The fourth-order valence-corrected chi connectivity index (χ4v) is 3.96. The minimum Gasteiger partial charge on any atom is -0.463 e. The highest BCUT2D eigenvalue weighted by Crippen LogP contribution is 2.31. The van der Waals surface area contributed by atoms with E-state index in [1.807, 2.05) is 60.7 Å². The van der Waals surface area contributed by atoms with Crippen LogP contribution in [0.4, 0.5) is 0 Å². The van der Waals surface area contributed by atoms with E-state index < -0.39 is 48.4 Å². The molecule has 2 aromatic carbocycles. The first-order valence-electron chi connectivity index (χ1n) is 11.2. The number of esters is 3. The van der Waals surface area contributed by atoms with Crippen molar-refractivity contribution >= 4 is 17.9 Å². The van der Waals surface area contributed by atoms with E-state index in [9.17, 15) is 14.4 Å². The summed E-state index contributed by atoms with van der Waals surface area (Å²) < 4.78 is 28.9. The maximum atomic E-state index is 12.0. The van der Waals surface area contributed by atoms with Gasteiger partial charge in [-0.2, -0.15) is 0 Å². The van der Waals surface area contributed by atoms with Crippen LogP contribution in [0.15, 0.2) is 60.7 Å². The molecule has 2 aromatic rings. The molecule has 1 saturated heterocycles. The molecule has 182 valence electrons. The van der Waals surface area contributed by atoms with Gasteiger partial charge in [0.15, 0.2) is 12.2 Å². The molecule has 34 heavy (non-hydrogen) atoms. The van der Waals surface area contributed by atoms with E-state index in [4.69, 9.17) is 23.7 Å². The van der Waals surface area contributed by atoms with Gasteiger partial charge >= 0.3 is 17.9 Å². The van der Waals surface area contributed by atoms with Crippen LogP contribution in [0.25, 0.3) is 0 Å². The summed E-state index contributed by atoms with van der Waals surface area (Å²) in [6.45, 7) is 3.92. The van der Waals surface area contributed by atoms with Crippen LogP contribution in [-0.4, -0.2) is 55.0 Å². The van der Waals surface area contributed by atoms with Crippen LogP contribution in [0.5, 0.6) is 0 Å². The van der Waals surface area contributed by atoms with Crippen LogP contribution in [0.1, 0.15) is 31.9 Å². The molecule has 0 bridgehead atoms. The summed E-state index contributed by atoms with van der Waals surface area (Å²) >= 11 is 0. The topological polar surface area (TPSA) is 97.4 Å². The van der Waals surface area contributed by atoms with Gasteiger partial charge in [0, 0.05) is 27.2 Å². The fourth-order valence-electron chi connectivity index (χ4n) is 3.96. The van der Waals surface area contributed by atoms with E-state index >= 15 is 0 Å². The van der Waals surface area contributed by atoms with Gasteiger partial charge in [-0.05, 0) is 11.1 Å². The number of ether oxygens (including phenoxy) is 5. The first-order chi connectivity index (χ1) is 16.3. The molecule has 0 N–H and O–H groups in total. The van der Waals surface area contributed by atoms with Crippen molar-refractivity contribution < 1.29 is 38.1 Å². The van der Waals surface area contributed by atoms with Crippen molar-refractivity contribution in [2.75, 3.05) is 6.61 Å². The molecule has 0 spiro atoms. The van der Waals surface area contributed by atoms with Crippen LogP contribution in [0.2, 0.25) is 0 Å². The predicted molar refractivity (Wildman–Crippen MR) is 122 cm³/mol. The van der Waals surface area contributed by atoms with Gasteiger partial charge in [0.2, 0.25) is 0 Å². The quantitative estimate of drug-likeness (QED) is 0.408. The van der Waals surface area contributed by atoms with Gasteiger partial charge in [-0.15, -0.1) is 0 Å². The lowest BCUT2D eigenvalue weighted by atomic mass is 9.90. The highest BCUT2D eigenvalue weighted by Gasteiger charge is 2.50. The zero-order chi connectivity index (χ0) is 24.5. The second-order valence-electron chi connectivity index (χ2n) is 8.11. The molecule has 0 unspecified atom stereocenters. The van der Waals surface area contributed by atoms with Gasteiger partial charge in [-0.3, -0.25) is 14.4 Å². The summed E-state index contributed by atoms with van der Waals surface area (Å²) in [5.41, 5.74) is 1.86. The molecule has 1 heterocycles. The molecule has 1 aliphatic rings. The maximum absolute atomic E-state index is 12.0. The molecule has 8 heteroatoms. The summed E-state index contributed by atoms with van der Waals surface area (Å²) in [4.78, 5) is 35.5. The molecule has 3 rings (SSSR count). The Labute approximate surface area is 199 Å². The maximum Gasteiger partial charge on any atom is 0.303 e. The zero-order valence-corrected chi connectivity index (χ0v) is 19.5. The van der Waals surface area contributed by atoms with Crippen LogP contribution in [-0.2, 0) is 51.1 Å². The molecule has 0 amide bonds. The summed E-state index contributed by atoms with van der Waals surface area (Å²) in [5.74, 6) is -1.56. The lowest BCUT2D eigenvalue weighted by molar-refractivity contribution is -0.257. The summed E-state index contributed by atoms with van der Waals surface area (Å²) in [5, 5.41) is 0. The number of hydrogen-bond donors (Lipinski definition) is 0. The largest absolute Gasteiger partial charge is 0.463 e. The molecule has 8 nitrogen and oxygen atoms in total. The number of carbonyl (C=O) groups is 3. The highest BCUT2D eigenvalue weighted by atomic mass is 16.6. The van der Waals surface area contributed by atoms with Crippen molar-refractivity contribution in [3.8, 4) is 0 Å². The number of rotatable bonds is 9. The van der Waals surface area contributed by atoms with E-state index in [0.717, 1.165) is 11.1 Å². The molecule has 1 aliphatic heterocycles. The van der Waals surface area contributed by atoms with Gasteiger partial charge in [0.05, 0.1) is 6.61 Å². The number of hydrogen-bond acceptors (Lipinski definition) is 8. The van der Waals surface area contributed by atoms with Gasteiger partial charge in [0.25, 0.3) is 0 Å². The molecule has 1 fully saturated rings. The Morgan fingerprint density at radius 2 is 1.24 bits per heavy atom. The predicted octanol–water partition coefficient (Wildman–Crippen LogP) is 3.01. The second kappa shape index (κ2) is 12.3. The van der Waals surface area contributed by atoms with E-state index in [2.05, 4.69) is 0 Å². The Morgan fingerprint density at radius 1 is 0.706 bits per heavy atom. The zero-order valence-electron chi connectivity index (χ0n) is 19.5. The third-order valence-corrected chi connectivity index (χ3v) is 5.35. The van der Waals surface area contributed by atoms with Crippen LogP contribution < -0.4 is 0 Å². The fraction of sp³-hybridized carbons (Fsp3) is 0.423. The Kier molecular flexibility index (Phi) is 9.18. The number of benzene rings is 2. The van der Waals surface area contributed by atoms with Gasteiger partial charge in [-0.1, -0.05) is 60.7 Å². The van der Waals surface area contributed by atoms with Crippen molar-refractivity contribution in [1.29, 1.82) is 0 Å². The van der Waals surface area contributed by atoms with Crippen LogP contribution in [0, 0.1) is 0 Å². The average Bonchev–Trinajstić information content (AvgIpc) is 2.80. The van der Waals surface area contributed by atoms with Crippen molar-refractivity contribution in [3.05, 3.63) is 71.8 Å². The number of carbonyl (C=O) groups excluding carboxylic acids is 3. The molecule has 0 radical (unpaired) electrons. The monoisotopic (exact) mass is 470 g/mol. The van der Waals surface area contributed by atoms with Crippen molar-refractivity contribution in [1.82, 2.24) is 0 Å². The normalized spacial score (nSPS) is 24.1. The van der Waals surface area contributed by atoms with Crippen molar-refractivity contribution in [3.63, 3.8) is 0 Å². The lowest BCUT2D eigenvalue weighted by Gasteiger charge is -2.45. The smallest absolute Gasteiger partial charge is 0.303 e.